The van der Waals surface area contributed by atoms with Crippen LogP contribution in [0.5, 0.6) is 11.5 Å². The van der Waals surface area contributed by atoms with Gasteiger partial charge in [0.2, 0.25) is 0 Å². The molecule has 0 aliphatic rings. The summed E-state index contributed by atoms with van der Waals surface area (Å²) < 4.78 is 29.2. The van der Waals surface area contributed by atoms with E-state index in [1.807, 2.05) is 24.3 Å². The Morgan fingerprint density at radius 2 is 1.00 bits per heavy atom. The third-order valence-corrected chi connectivity index (χ3v) is 5.85. The molecule has 0 amide bonds. The Bertz CT molecular complexity index is 737. The van der Waals surface area contributed by atoms with Gasteiger partial charge >= 0.3 is 8.60 Å². The molecule has 0 heterocycles. The van der Waals surface area contributed by atoms with Crippen LogP contribution in [0.3, 0.4) is 0 Å². The molecular weight excluding hydrogens is 386 g/mol. The van der Waals surface area contributed by atoms with Crippen LogP contribution in [0.25, 0.3) is 0 Å². The monoisotopic (exact) mass is 420 g/mol. The molecule has 3 nitrogen and oxygen atoms in total. The highest BCUT2D eigenvalue weighted by Gasteiger charge is 2.23. The van der Waals surface area contributed by atoms with Crippen LogP contribution < -0.4 is 9.05 Å². The van der Waals surface area contributed by atoms with Gasteiger partial charge in [-0.05, 0) is 62.6 Å². The van der Waals surface area contributed by atoms with Crippen LogP contribution >= 0.6 is 8.60 Å². The first-order valence-corrected chi connectivity index (χ1v) is 11.5. The average molecular weight is 421 g/mol. The van der Waals surface area contributed by atoms with Crippen molar-refractivity contribution < 1.29 is 18.3 Å². The normalized spacial score (nSPS) is 11.9. The summed E-state index contributed by atoms with van der Waals surface area (Å²) in [6, 6.07) is 12.0. The van der Waals surface area contributed by atoms with Crippen molar-refractivity contribution in [3.8, 4) is 11.5 Å². The lowest BCUT2D eigenvalue weighted by Crippen LogP contribution is -2.03. The first kappa shape index (κ1) is 23.6. The first-order chi connectivity index (χ1) is 13.6. The number of halogens is 1. The standard InChI is InChI=1S/C24H34FO3P/c1-15(2)19-9-11-23(21(13-19)17(5)6)26-29(28-25)27-24-12-10-20(16(3)4)14-22(24)18(7)8/h9-18H,1-8H3. The molecule has 2 aromatic rings. The summed E-state index contributed by atoms with van der Waals surface area (Å²) in [5.74, 6) is 2.47. The van der Waals surface area contributed by atoms with E-state index in [1.54, 1.807) is 0 Å². The van der Waals surface area contributed by atoms with Crippen molar-refractivity contribution in [3.63, 3.8) is 0 Å². The maximum Gasteiger partial charge on any atom is 0.497 e. The minimum atomic E-state index is -2.21. The average Bonchev–Trinajstić information content (AvgIpc) is 2.67. The van der Waals surface area contributed by atoms with Crippen molar-refractivity contribution in [2.75, 3.05) is 0 Å². The lowest BCUT2D eigenvalue weighted by Gasteiger charge is -2.21. The van der Waals surface area contributed by atoms with Crippen molar-refractivity contribution >= 4 is 8.60 Å². The highest BCUT2D eigenvalue weighted by atomic mass is 31.2. The van der Waals surface area contributed by atoms with Crippen molar-refractivity contribution in [1.29, 1.82) is 0 Å². The molecule has 0 bridgehead atoms. The van der Waals surface area contributed by atoms with E-state index < -0.39 is 8.60 Å². The second kappa shape index (κ2) is 10.4. The summed E-state index contributed by atoms with van der Waals surface area (Å²) in [6.45, 7) is 17.0. The smallest absolute Gasteiger partial charge is 0.416 e. The van der Waals surface area contributed by atoms with E-state index in [-0.39, 0.29) is 11.8 Å². The quantitative estimate of drug-likeness (QED) is 0.379. The largest absolute Gasteiger partial charge is 0.497 e. The summed E-state index contributed by atoms with van der Waals surface area (Å²) in [5, 5.41) is 0. The highest BCUT2D eigenvalue weighted by molar-refractivity contribution is 7.42. The maximum absolute atomic E-state index is 13.4. The van der Waals surface area contributed by atoms with Crippen LogP contribution in [-0.4, -0.2) is 0 Å². The third kappa shape index (κ3) is 6.17. The van der Waals surface area contributed by atoms with Gasteiger partial charge in [-0.15, -0.1) is 0 Å². The minimum Gasteiger partial charge on any atom is -0.416 e. The number of rotatable bonds is 9. The van der Waals surface area contributed by atoms with Gasteiger partial charge in [0.25, 0.3) is 0 Å². The molecule has 29 heavy (non-hydrogen) atoms. The Balaban J connectivity index is 2.30. The Kier molecular flexibility index (Phi) is 8.48. The van der Waals surface area contributed by atoms with Gasteiger partial charge in [-0.3, -0.25) is 0 Å². The summed E-state index contributed by atoms with van der Waals surface area (Å²) >= 11 is 0. The highest BCUT2D eigenvalue weighted by Crippen LogP contribution is 2.46. The maximum atomic E-state index is 13.4. The molecule has 2 aromatic carbocycles. The zero-order valence-corrected chi connectivity index (χ0v) is 19.7. The Labute approximate surface area is 176 Å². The molecule has 0 aliphatic carbocycles. The van der Waals surface area contributed by atoms with Crippen LogP contribution in [-0.2, 0) is 4.73 Å². The van der Waals surface area contributed by atoms with E-state index in [4.69, 9.17) is 9.05 Å². The van der Waals surface area contributed by atoms with Crippen LogP contribution in [0.4, 0.5) is 4.53 Å². The van der Waals surface area contributed by atoms with E-state index in [2.05, 4.69) is 72.3 Å². The second-order valence-electron chi connectivity index (χ2n) is 8.69. The molecule has 5 heteroatoms. The summed E-state index contributed by atoms with van der Waals surface area (Å²) in [6.07, 6.45) is 0. The Morgan fingerprint density at radius 1 is 0.621 bits per heavy atom. The van der Waals surface area contributed by atoms with E-state index in [9.17, 15) is 4.53 Å². The lowest BCUT2D eigenvalue weighted by molar-refractivity contribution is -0.0158. The number of hydrogen-bond donors (Lipinski definition) is 0. The molecule has 0 saturated heterocycles. The van der Waals surface area contributed by atoms with Gasteiger partial charge in [0.05, 0.1) is 0 Å². The fourth-order valence-corrected chi connectivity index (χ4v) is 3.88. The second-order valence-corrected chi connectivity index (χ2v) is 9.64. The number of benzene rings is 2. The predicted octanol–water partition coefficient (Wildman–Crippen LogP) is 8.77. The zero-order chi connectivity index (χ0) is 21.7. The van der Waals surface area contributed by atoms with E-state index in [0.717, 1.165) is 11.1 Å². The summed E-state index contributed by atoms with van der Waals surface area (Å²) in [4.78, 5) is 0. The molecule has 0 unspecified atom stereocenters. The Morgan fingerprint density at radius 3 is 1.28 bits per heavy atom. The van der Waals surface area contributed by atoms with Crippen LogP contribution in [0, 0.1) is 0 Å². The zero-order valence-electron chi connectivity index (χ0n) is 18.8. The molecule has 0 fully saturated rings. The van der Waals surface area contributed by atoms with Gasteiger partial charge in [-0.2, -0.15) is 0 Å². The molecule has 0 aromatic heterocycles. The van der Waals surface area contributed by atoms with Crippen molar-refractivity contribution in [1.82, 2.24) is 0 Å². The van der Waals surface area contributed by atoms with E-state index in [1.165, 1.54) is 11.1 Å². The fraction of sp³-hybridized carbons (Fsp3) is 0.500. The fourth-order valence-electron chi connectivity index (χ4n) is 3.13. The minimum absolute atomic E-state index is 0.233. The molecule has 0 atom stereocenters. The van der Waals surface area contributed by atoms with Gasteiger partial charge in [-0.25, -0.2) is 0 Å². The van der Waals surface area contributed by atoms with Crippen molar-refractivity contribution in [2.45, 2.75) is 79.1 Å². The van der Waals surface area contributed by atoms with Crippen LogP contribution in [0.2, 0.25) is 0 Å². The van der Waals surface area contributed by atoms with Gasteiger partial charge < -0.3 is 9.05 Å². The van der Waals surface area contributed by atoms with Gasteiger partial charge in [0.15, 0.2) is 0 Å². The van der Waals surface area contributed by atoms with Crippen LogP contribution in [0.1, 0.15) is 101 Å². The SMILES string of the molecule is CC(C)c1ccc(OP(OF)Oc2ccc(C(C)C)cc2C(C)C)c(C(C)C)c1. The number of hydrogen-bond acceptors (Lipinski definition) is 3. The molecule has 0 spiro atoms. The van der Waals surface area contributed by atoms with Gasteiger partial charge in [0, 0.05) is 0 Å². The predicted molar refractivity (Wildman–Crippen MR) is 120 cm³/mol. The topological polar surface area (TPSA) is 27.7 Å². The summed E-state index contributed by atoms with van der Waals surface area (Å²) in [5.41, 5.74) is 4.48. The Hall–Kier alpha value is -1.64. The molecule has 0 aliphatic heterocycles. The van der Waals surface area contributed by atoms with E-state index in [0.29, 0.717) is 23.3 Å². The summed E-state index contributed by atoms with van der Waals surface area (Å²) in [7, 11) is -2.21. The molecule has 160 valence electrons. The molecule has 2 rings (SSSR count). The molecular formula is C24H34FO3P. The third-order valence-electron chi connectivity index (χ3n) is 5.05. The van der Waals surface area contributed by atoms with E-state index >= 15 is 0 Å². The van der Waals surface area contributed by atoms with Gasteiger partial charge in [0.1, 0.15) is 11.5 Å². The van der Waals surface area contributed by atoms with Crippen molar-refractivity contribution in [2.24, 2.45) is 0 Å². The molecule has 0 radical (unpaired) electrons. The van der Waals surface area contributed by atoms with Crippen molar-refractivity contribution in [3.05, 3.63) is 58.7 Å². The molecule has 0 N–H and O–H groups in total. The molecule has 0 saturated carbocycles. The van der Waals surface area contributed by atoms with Gasteiger partial charge in [-0.1, -0.05) is 84.4 Å². The first-order valence-electron chi connectivity index (χ1n) is 10.4. The van der Waals surface area contributed by atoms with Crippen LogP contribution in [0.15, 0.2) is 36.4 Å². The lowest BCUT2D eigenvalue weighted by atomic mass is 9.95.